The Kier molecular flexibility index (Phi) is 1.27. The largest absolute Gasteiger partial charge is 0.302 e. The van der Waals surface area contributed by atoms with E-state index in [2.05, 4.69) is 11.9 Å². The summed E-state index contributed by atoms with van der Waals surface area (Å²) < 4.78 is 13.1. The minimum absolute atomic E-state index is 0.263. The summed E-state index contributed by atoms with van der Waals surface area (Å²) in [5.74, 6) is 1.36. The second-order valence-corrected chi connectivity index (χ2v) is 5.53. The molecule has 1 nitrogen and oxygen atoms in total. The predicted molar refractivity (Wildman–Crippen MR) is 56.5 cm³/mol. The van der Waals surface area contributed by atoms with Gasteiger partial charge in [-0.25, -0.2) is 4.39 Å². The maximum absolute atomic E-state index is 13.1. The Bertz CT molecular complexity index is 463. The number of halogens is 2. The first-order valence-corrected chi connectivity index (χ1v) is 5.70. The zero-order chi connectivity index (χ0) is 10.4. The highest BCUT2D eigenvalue weighted by atomic mass is 35.5. The lowest BCUT2D eigenvalue weighted by molar-refractivity contribution is 0.394. The molecular formula is C12H11ClFN. The summed E-state index contributed by atoms with van der Waals surface area (Å²) in [7, 11) is 2.18. The maximum Gasteiger partial charge on any atom is 0.141 e. The third kappa shape index (κ3) is 0.775. The molecule has 1 aromatic rings. The first kappa shape index (κ1) is 8.54. The number of piperidine rings is 1. The van der Waals surface area contributed by atoms with Crippen LogP contribution in [0.4, 0.5) is 4.39 Å². The number of hydrogen-bond acceptors (Lipinski definition) is 1. The van der Waals surface area contributed by atoms with E-state index in [1.807, 2.05) is 12.1 Å². The fourth-order valence-electron chi connectivity index (χ4n) is 3.82. The van der Waals surface area contributed by atoms with Crippen LogP contribution in [-0.2, 0) is 5.41 Å². The van der Waals surface area contributed by atoms with E-state index in [0.717, 1.165) is 24.4 Å². The van der Waals surface area contributed by atoms with E-state index < -0.39 is 0 Å². The molecule has 78 valence electrons. The molecule has 3 heteroatoms. The fraction of sp³-hybridized carbons (Fsp3) is 0.500. The highest BCUT2D eigenvalue weighted by molar-refractivity contribution is 6.30. The molecule has 0 spiro atoms. The van der Waals surface area contributed by atoms with E-state index in [1.165, 1.54) is 11.6 Å². The van der Waals surface area contributed by atoms with Gasteiger partial charge >= 0.3 is 0 Å². The second kappa shape index (κ2) is 2.23. The van der Waals surface area contributed by atoms with Crippen molar-refractivity contribution in [2.24, 2.45) is 11.8 Å². The van der Waals surface area contributed by atoms with Crippen molar-refractivity contribution in [3.05, 3.63) is 34.6 Å². The summed E-state index contributed by atoms with van der Waals surface area (Å²) in [4.78, 5) is 2.42. The van der Waals surface area contributed by atoms with E-state index in [0.29, 0.717) is 5.41 Å². The Labute approximate surface area is 92.8 Å². The molecule has 0 radical (unpaired) electrons. The van der Waals surface area contributed by atoms with Crippen LogP contribution in [0.25, 0.3) is 0 Å². The van der Waals surface area contributed by atoms with Crippen LogP contribution in [0.1, 0.15) is 5.56 Å². The topological polar surface area (TPSA) is 3.24 Å². The van der Waals surface area contributed by atoms with Crippen LogP contribution in [0.15, 0.2) is 18.2 Å². The maximum atomic E-state index is 13.1. The number of hydrogen-bond donors (Lipinski definition) is 0. The molecule has 2 saturated carbocycles. The average Bonchev–Trinajstić information content (AvgIpc) is 3.02. The van der Waals surface area contributed by atoms with Crippen LogP contribution in [0.5, 0.6) is 0 Å². The van der Waals surface area contributed by atoms with Gasteiger partial charge in [0.15, 0.2) is 0 Å². The summed E-state index contributed by atoms with van der Waals surface area (Å²) in [6.07, 6.45) is 0. The standard InChI is InChI=1S/C12H11ClFN/c1-15-5-12(9-10(12)11(9)15)6-2-3-8(14)7(13)4-6/h2-4,9-11H,5H2,1H3. The molecule has 0 aromatic heterocycles. The predicted octanol–water partition coefficient (Wildman–Crippen LogP) is 2.29. The Morgan fingerprint density at radius 3 is 2.73 bits per heavy atom. The Morgan fingerprint density at radius 2 is 2.20 bits per heavy atom. The molecule has 4 fully saturated rings. The van der Waals surface area contributed by atoms with Crippen molar-refractivity contribution in [3.63, 3.8) is 0 Å². The molecule has 1 aromatic carbocycles. The average molecular weight is 224 g/mol. The van der Waals surface area contributed by atoms with Crippen molar-refractivity contribution < 1.29 is 4.39 Å². The smallest absolute Gasteiger partial charge is 0.141 e. The number of likely N-dealkylation sites (N-methyl/N-ethyl adjacent to an activating group) is 1. The lowest BCUT2D eigenvalue weighted by Gasteiger charge is -2.15. The summed E-state index contributed by atoms with van der Waals surface area (Å²) in [6.45, 7) is 1.12. The monoisotopic (exact) mass is 223 g/mol. The van der Waals surface area contributed by atoms with Gasteiger partial charge in [-0.2, -0.15) is 0 Å². The van der Waals surface area contributed by atoms with Crippen molar-refractivity contribution >= 4 is 11.6 Å². The normalized spacial score (nSPS) is 45.4. The number of fused-ring (bicyclic) bond motifs is 1. The Balaban J connectivity index is 1.77. The van der Waals surface area contributed by atoms with Crippen LogP contribution < -0.4 is 0 Å². The first-order chi connectivity index (χ1) is 7.16. The van der Waals surface area contributed by atoms with Crippen molar-refractivity contribution in [2.75, 3.05) is 13.6 Å². The zero-order valence-electron chi connectivity index (χ0n) is 8.37. The highest BCUT2D eigenvalue weighted by Gasteiger charge is 2.89. The third-order valence-electron chi connectivity index (χ3n) is 4.54. The van der Waals surface area contributed by atoms with E-state index in [1.54, 1.807) is 0 Å². The lowest BCUT2D eigenvalue weighted by Crippen LogP contribution is -2.17. The van der Waals surface area contributed by atoms with E-state index >= 15 is 0 Å². The Hall–Kier alpha value is -0.600. The van der Waals surface area contributed by atoms with E-state index in [-0.39, 0.29) is 10.8 Å². The fourth-order valence-corrected chi connectivity index (χ4v) is 4.01. The summed E-state index contributed by atoms with van der Waals surface area (Å²) in [6, 6.07) is 6.04. The molecule has 2 atom stereocenters. The summed E-state index contributed by atoms with van der Waals surface area (Å²) in [5, 5.41) is 0.263. The second-order valence-electron chi connectivity index (χ2n) is 5.13. The van der Waals surface area contributed by atoms with Crippen LogP contribution in [-0.4, -0.2) is 24.5 Å². The number of benzene rings is 1. The van der Waals surface area contributed by atoms with Crippen molar-refractivity contribution in [1.82, 2.24) is 4.90 Å². The molecule has 0 N–H and O–H groups in total. The van der Waals surface area contributed by atoms with Gasteiger partial charge in [0.1, 0.15) is 5.82 Å². The van der Waals surface area contributed by atoms with Crippen LogP contribution in [0.2, 0.25) is 5.02 Å². The molecule has 2 aliphatic carbocycles. The van der Waals surface area contributed by atoms with Gasteiger partial charge in [-0.05, 0) is 36.6 Å². The van der Waals surface area contributed by atoms with Crippen LogP contribution >= 0.6 is 11.6 Å². The third-order valence-corrected chi connectivity index (χ3v) is 4.83. The minimum atomic E-state index is -0.311. The molecule has 2 bridgehead atoms. The molecule has 4 aliphatic rings. The van der Waals surface area contributed by atoms with Gasteiger partial charge in [0.25, 0.3) is 0 Å². The highest BCUT2D eigenvalue weighted by Crippen LogP contribution is 2.83. The molecule has 2 heterocycles. The molecular weight excluding hydrogens is 213 g/mol. The summed E-state index contributed by atoms with van der Waals surface area (Å²) in [5.41, 5.74) is 1.58. The minimum Gasteiger partial charge on any atom is -0.302 e. The van der Waals surface area contributed by atoms with Gasteiger partial charge < -0.3 is 4.90 Å². The van der Waals surface area contributed by atoms with E-state index in [4.69, 9.17) is 11.6 Å². The molecule has 0 amide bonds. The Morgan fingerprint density at radius 1 is 1.47 bits per heavy atom. The van der Waals surface area contributed by atoms with Crippen LogP contribution in [0.3, 0.4) is 0 Å². The van der Waals surface area contributed by atoms with Crippen LogP contribution in [0, 0.1) is 17.7 Å². The molecule has 2 unspecified atom stereocenters. The van der Waals surface area contributed by atoms with Crippen molar-refractivity contribution in [3.8, 4) is 0 Å². The summed E-state index contributed by atoms with van der Waals surface area (Å²) >= 11 is 5.83. The van der Waals surface area contributed by atoms with E-state index in [9.17, 15) is 4.39 Å². The molecule has 2 aliphatic heterocycles. The van der Waals surface area contributed by atoms with Gasteiger partial charge in [0.2, 0.25) is 0 Å². The lowest BCUT2D eigenvalue weighted by atomic mass is 9.88. The van der Waals surface area contributed by atoms with Gasteiger partial charge in [-0.3, -0.25) is 0 Å². The SMILES string of the molecule is CN1CC2(c3ccc(F)c(Cl)c3)C3C1C32. The van der Waals surface area contributed by atoms with Crippen molar-refractivity contribution in [2.45, 2.75) is 11.5 Å². The van der Waals surface area contributed by atoms with Gasteiger partial charge in [-0.15, -0.1) is 0 Å². The molecule has 15 heavy (non-hydrogen) atoms. The molecule has 2 saturated heterocycles. The first-order valence-electron chi connectivity index (χ1n) is 5.32. The van der Waals surface area contributed by atoms with Crippen molar-refractivity contribution in [1.29, 1.82) is 0 Å². The molecule has 5 rings (SSSR count). The number of rotatable bonds is 1. The van der Waals surface area contributed by atoms with Gasteiger partial charge in [0, 0.05) is 18.0 Å². The number of nitrogens with zero attached hydrogens (tertiary/aromatic N) is 1. The van der Waals surface area contributed by atoms with Gasteiger partial charge in [-0.1, -0.05) is 17.7 Å². The zero-order valence-corrected chi connectivity index (χ0v) is 9.13. The quantitative estimate of drug-likeness (QED) is 0.706. The van der Waals surface area contributed by atoms with Gasteiger partial charge in [0.05, 0.1) is 5.02 Å².